The summed E-state index contributed by atoms with van der Waals surface area (Å²) in [6, 6.07) is 7.14. The van der Waals surface area contributed by atoms with Crippen LogP contribution in [0.4, 0.5) is 0 Å². The van der Waals surface area contributed by atoms with Gasteiger partial charge in [0.1, 0.15) is 11.2 Å². The van der Waals surface area contributed by atoms with E-state index in [1.165, 1.54) is 10.7 Å². The quantitative estimate of drug-likeness (QED) is 0.686. The van der Waals surface area contributed by atoms with E-state index in [0.29, 0.717) is 12.2 Å². The number of carbonyl (C=O) groups is 3. The third-order valence-corrected chi connectivity index (χ3v) is 6.31. The number of pyridine rings is 1. The molecule has 0 unspecified atom stereocenters. The van der Waals surface area contributed by atoms with Gasteiger partial charge in [-0.2, -0.15) is 5.10 Å². The summed E-state index contributed by atoms with van der Waals surface area (Å²) in [7, 11) is 0. The highest BCUT2D eigenvalue weighted by molar-refractivity contribution is 6.01. The van der Waals surface area contributed by atoms with Crippen LogP contribution in [-0.4, -0.2) is 55.5 Å². The summed E-state index contributed by atoms with van der Waals surface area (Å²) < 4.78 is 1.50. The number of nitrogens with one attached hydrogen (secondary N) is 2. The largest absolute Gasteiger partial charge is 0.351 e. The zero-order valence-corrected chi connectivity index (χ0v) is 18.6. The molecule has 1 atom stereocenters. The molecule has 3 amide bonds. The first kappa shape index (κ1) is 22.0. The number of rotatable bonds is 7. The molecule has 0 aromatic carbocycles. The van der Waals surface area contributed by atoms with Gasteiger partial charge in [0.2, 0.25) is 5.91 Å². The Kier molecular flexibility index (Phi) is 6.25. The number of fused-ring (bicyclic) bond motifs is 1. The second-order valence-electron chi connectivity index (χ2n) is 8.76. The maximum atomic E-state index is 13.3. The van der Waals surface area contributed by atoms with Gasteiger partial charge in [-0.15, -0.1) is 0 Å². The smallest absolute Gasteiger partial charge is 0.273 e. The Morgan fingerprint density at radius 1 is 1.25 bits per heavy atom. The standard InChI is InChI=1S/C23H30N6O3/c1-3-12-28-21(31)19-13-18(20(30)25-14-17-10-6-7-11-24-17)27-29(19)15-23(28,2)22(32)26-16-8-4-5-9-16/h6-7,10-11,13,16H,3-5,8-9,12,14-15H2,1-2H3,(H,25,30)(H,26,32)/t23-/m0/s1. The van der Waals surface area contributed by atoms with Crippen LogP contribution >= 0.6 is 0 Å². The van der Waals surface area contributed by atoms with Crippen LogP contribution in [0.5, 0.6) is 0 Å². The summed E-state index contributed by atoms with van der Waals surface area (Å²) in [5, 5.41) is 10.3. The van der Waals surface area contributed by atoms with Gasteiger partial charge >= 0.3 is 0 Å². The van der Waals surface area contributed by atoms with Gasteiger partial charge in [0.05, 0.1) is 18.8 Å². The predicted octanol–water partition coefficient (Wildman–Crippen LogP) is 1.89. The van der Waals surface area contributed by atoms with Gasteiger partial charge in [-0.3, -0.25) is 24.0 Å². The van der Waals surface area contributed by atoms with Crippen molar-refractivity contribution in [1.82, 2.24) is 30.3 Å². The predicted molar refractivity (Wildman–Crippen MR) is 118 cm³/mol. The molecule has 2 aromatic heterocycles. The monoisotopic (exact) mass is 438 g/mol. The molecule has 1 fully saturated rings. The molecule has 0 saturated heterocycles. The molecule has 9 heteroatoms. The lowest BCUT2D eigenvalue weighted by atomic mass is 9.94. The molecule has 1 saturated carbocycles. The number of aromatic nitrogens is 3. The Bertz CT molecular complexity index is 998. The third kappa shape index (κ3) is 4.24. The molecule has 0 radical (unpaired) electrons. The van der Waals surface area contributed by atoms with Crippen molar-refractivity contribution in [3.63, 3.8) is 0 Å². The van der Waals surface area contributed by atoms with E-state index in [-0.39, 0.29) is 42.5 Å². The first-order valence-corrected chi connectivity index (χ1v) is 11.3. The molecular formula is C23H30N6O3. The molecule has 1 aliphatic heterocycles. The second kappa shape index (κ2) is 9.10. The van der Waals surface area contributed by atoms with Gasteiger partial charge < -0.3 is 15.5 Å². The van der Waals surface area contributed by atoms with Crippen molar-refractivity contribution in [1.29, 1.82) is 0 Å². The first-order valence-electron chi connectivity index (χ1n) is 11.3. The molecule has 3 heterocycles. The van der Waals surface area contributed by atoms with E-state index in [1.807, 2.05) is 25.1 Å². The molecule has 2 aromatic rings. The minimum Gasteiger partial charge on any atom is -0.351 e. The highest BCUT2D eigenvalue weighted by Crippen LogP contribution is 2.29. The lowest BCUT2D eigenvalue weighted by Crippen LogP contribution is -2.65. The average molecular weight is 439 g/mol. The van der Waals surface area contributed by atoms with Crippen LogP contribution in [0.1, 0.15) is 72.6 Å². The van der Waals surface area contributed by atoms with Crippen LogP contribution in [0.15, 0.2) is 30.5 Å². The van der Waals surface area contributed by atoms with Crippen molar-refractivity contribution in [2.75, 3.05) is 6.54 Å². The molecule has 170 valence electrons. The molecule has 2 N–H and O–H groups in total. The van der Waals surface area contributed by atoms with E-state index in [4.69, 9.17) is 0 Å². The summed E-state index contributed by atoms with van der Waals surface area (Å²) in [6.07, 6.45) is 6.55. The van der Waals surface area contributed by atoms with Crippen LogP contribution in [0.2, 0.25) is 0 Å². The van der Waals surface area contributed by atoms with Crippen molar-refractivity contribution in [3.8, 4) is 0 Å². The van der Waals surface area contributed by atoms with E-state index < -0.39 is 5.54 Å². The van der Waals surface area contributed by atoms with Gasteiger partial charge in [-0.05, 0) is 38.3 Å². The zero-order chi connectivity index (χ0) is 22.7. The normalized spacial score (nSPS) is 20.8. The van der Waals surface area contributed by atoms with Crippen molar-refractivity contribution in [2.24, 2.45) is 0 Å². The number of hydrogen-bond donors (Lipinski definition) is 2. The summed E-state index contributed by atoms with van der Waals surface area (Å²) in [4.78, 5) is 45.1. The Hall–Kier alpha value is -3.23. The highest BCUT2D eigenvalue weighted by Gasteiger charge is 2.48. The Morgan fingerprint density at radius 2 is 2.03 bits per heavy atom. The topological polar surface area (TPSA) is 109 Å². The van der Waals surface area contributed by atoms with Crippen molar-refractivity contribution in [2.45, 2.75) is 70.6 Å². The molecular weight excluding hydrogens is 408 g/mol. The second-order valence-corrected chi connectivity index (χ2v) is 8.76. The SMILES string of the molecule is CCCN1C(=O)c2cc(C(=O)NCc3ccccn3)nn2C[C@@]1(C)C(=O)NC1CCCC1. The minimum atomic E-state index is -1.06. The number of carbonyl (C=O) groups excluding carboxylic acids is 3. The van der Waals surface area contributed by atoms with Gasteiger partial charge in [-0.1, -0.05) is 25.8 Å². The summed E-state index contributed by atoms with van der Waals surface area (Å²) in [5.41, 5.74) is 0.149. The van der Waals surface area contributed by atoms with Crippen molar-refractivity contribution in [3.05, 3.63) is 47.5 Å². The Labute approximate surface area is 187 Å². The number of nitrogens with zero attached hydrogens (tertiary/aromatic N) is 4. The Balaban J connectivity index is 1.54. The molecule has 0 spiro atoms. The maximum Gasteiger partial charge on any atom is 0.273 e. The molecule has 4 rings (SSSR count). The maximum absolute atomic E-state index is 13.3. The van der Waals surface area contributed by atoms with Crippen LogP contribution in [-0.2, 0) is 17.9 Å². The molecule has 32 heavy (non-hydrogen) atoms. The fourth-order valence-electron chi connectivity index (χ4n) is 4.50. The van der Waals surface area contributed by atoms with Crippen molar-refractivity contribution < 1.29 is 14.4 Å². The average Bonchev–Trinajstić information content (AvgIpc) is 3.45. The molecule has 2 aliphatic rings. The van der Waals surface area contributed by atoms with Gasteiger partial charge in [0, 0.05) is 24.8 Å². The van der Waals surface area contributed by atoms with Gasteiger partial charge in [-0.25, -0.2) is 0 Å². The zero-order valence-electron chi connectivity index (χ0n) is 18.6. The van der Waals surface area contributed by atoms with Crippen molar-refractivity contribution >= 4 is 17.7 Å². The lowest BCUT2D eigenvalue weighted by Gasteiger charge is -2.43. The van der Waals surface area contributed by atoms with E-state index >= 15 is 0 Å². The summed E-state index contributed by atoms with van der Waals surface area (Å²) in [6.45, 7) is 4.69. The lowest BCUT2D eigenvalue weighted by molar-refractivity contribution is -0.133. The van der Waals surface area contributed by atoms with Gasteiger partial charge in [0.25, 0.3) is 11.8 Å². The number of hydrogen-bond acceptors (Lipinski definition) is 5. The van der Waals surface area contributed by atoms with Crippen LogP contribution < -0.4 is 10.6 Å². The minimum absolute atomic E-state index is 0.154. The molecule has 9 nitrogen and oxygen atoms in total. The summed E-state index contributed by atoms with van der Waals surface area (Å²) in [5.74, 6) is -0.823. The van der Waals surface area contributed by atoms with E-state index in [9.17, 15) is 14.4 Å². The molecule has 1 aliphatic carbocycles. The van der Waals surface area contributed by atoms with Crippen LogP contribution in [0.3, 0.4) is 0 Å². The Morgan fingerprint density at radius 3 is 2.72 bits per heavy atom. The van der Waals surface area contributed by atoms with E-state index in [1.54, 1.807) is 18.0 Å². The highest BCUT2D eigenvalue weighted by atomic mass is 16.2. The molecule has 0 bridgehead atoms. The fraction of sp³-hybridized carbons (Fsp3) is 0.522. The van der Waals surface area contributed by atoms with Crippen LogP contribution in [0, 0.1) is 0 Å². The van der Waals surface area contributed by atoms with Crippen LogP contribution in [0.25, 0.3) is 0 Å². The van der Waals surface area contributed by atoms with E-state index in [0.717, 1.165) is 37.8 Å². The van der Waals surface area contributed by atoms with E-state index in [2.05, 4.69) is 20.7 Å². The first-order chi connectivity index (χ1) is 15.4. The summed E-state index contributed by atoms with van der Waals surface area (Å²) >= 11 is 0. The fourth-order valence-corrected chi connectivity index (χ4v) is 4.50. The third-order valence-electron chi connectivity index (χ3n) is 6.31. The number of amides is 3. The van der Waals surface area contributed by atoms with Gasteiger partial charge in [0.15, 0.2) is 5.69 Å².